The summed E-state index contributed by atoms with van der Waals surface area (Å²) in [6, 6.07) is 34.8. The highest BCUT2D eigenvalue weighted by Gasteiger charge is 2.36. The van der Waals surface area contributed by atoms with E-state index in [1.165, 1.54) is 21.5 Å². The van der Waals surface area contributed by atoms with Crippen molar-refractivity contribution in [2.75, 3.05) is 14.2 Å². The Morgan fingerprint density at radius 2 is 1.11 bits per heavy atom. The van der Waals surface area contributed by atoms with E-state index in [1.807, 2.05) is 7.05 Å². The predicted octanol–water partition coefficient (Wildman–Crippen LogP) is 8.53. The molecule has 0 amide bonds. The third-order valence-corrected chi connectivity index (χ3v) is 12.2. The SMILES string of the molecule is COc1c(C(C)(C)C)cc([C@@H](c2ccccc2P(c2ccccc2)c2ccccc2)N(C)[S@](=O)C(C)(C)C)cc1C(C)(C)C. The molecular weight excluding hydrogens is 577 g/mol. The van der Waals surface area contributed by atoms with Gasteiger partial charge in [-0.1, -0.05) is 126 Å². The molecule has 0 aliphatic carbocycles. The minimum absolute atomic E-state index is 0.159. The molecule has 44 heavy (non-hydrogen) atoms. The number of hydrogen-bond acceptors (Lipinski definition) is 2. The molecule has 5 heteroatoms. The smallest absolute Gasteiger partial charge is 0.126 e. The van der Waals surface area contributed by atoms with E-state index in [0.717, 1.165) is 22.4 Å². The number of benzene rings is 4. The maximum absolute atomic E-state index is 14.3. The van der Waals surface area contributed by atoms with Gasteiger partial charge in [0.2, 0.25) is 0 Å². The highest BCUT2D eigenvalue weighted by molar-refractivity contribution is 7.84. The van der Waals surface area contributed by atoms with Gasteiger partial charge in [-0.15, -0.1) is 0 Å². The Morgan fingerprint density at radius 3 is 1.52 bits per heavy atom. The molecule has 0 bridgehead atoms. The van der Waals surface area contributed by atoms with Crippen molar-refractivity contribution in [3.05, 3.63) is 119 Å². The van der Waals surface area contributed by atoms with E-state index >= 15 is 0 Å². The van der Waals surface area contributed by atoms with Gasteiger partial charge in [-0.05, 0) is 78.7 Å². The van der Waals surface area contributed by atoms with Crippen molar-refractivity contribution in [3.63, 3.8) is 0 Å². The van der Waals surface area contributed by atoms with Crippen LogP contribution in [0.5, 0.6) is 5.75 Å². The molecule has 0 spiro atoms. The van der Waals surface area contributed by atoms with E-state index in [4.69, 9.17) is 4.74 Å². The van der Waals surface area contributed by atoms with Crippen molar-refractivity contribution < 1.29 is 8.95 Å². The van der Waals surface area contributed by atoms with Crippen molar-refractivity contribution in [1.82, 2.24) is 4.31 Å². The van der Waals surface area contributed by atoms with Gasteiger partial charge in [0, 0.05) is 18.2 Å². The first-order valence-electron chi connectivity index (χ1n) is 15.4. The molecule has 0 aromatic heterocycles. The van der Waals surface area contributed by atoms with Gasteiger partial charge in [0.1, 0.15) is 16.7 Å². The largest absolute Gasteiger partial charge is 0.496 e. The Labute approximate surface area is 270 Å². The Morgan fingerprint density at radius 1 is 0.682 bits per heavy atom. The van der Waals surface area contributed by atoms with E-state index in [1.54, 1.807) is 7.11 Å². The molecule has 3 nitrogen and oxygen atoms in total. The van der Waals surface area contributed by atoms with Crippen LogP contribution >= 0.6 is 7.92 Å². The third kappa shape index (κ3) is 7.36. The van der Waals surface area contributed by atoms with E-state index < -0.39 is 23.7 Å². The molecule has 0 aliphatic rings. The predicted molar refractivity (Wildman–Crippen MR) is 193 cm³/mol. The Bertz CT molecular complexity index is 1510. The van der Waals surface area contributed by atoms with Gasteiger partial charge in [-0.2, -0.15) is 0 Å². The van der Waals surface area contributed by atoms with Gasteiger partial charge < -0.3 is 4.74 Å². The maximum Gasteiger partial charge on any atom is 0.126 e. The van der Waals surface area contributed by atoms with Crippen LogP contribution in [-0.2, 0) is 21.8 Å². The quantitative estimate of drug-likeness (QED) is 0.183. The number of hydrogen-bond donors (Lipinski definition) is 0. The first-order chi connectivity index (χ1) is 20.6. The first-order valence-corrected chi connectivity index (χ1v) is 17.9. The lowest BCUT2D eigenvalue weighted by atomic mass is 9.77. The molecule has 4 aromatic rings. The average Bonchev–Trinajstić information content (AvgIpc) is 2.97. The summed E-state index contributed by atoms with van der Waals surface area (Å²) in [6.07, 6.45) is 0. The summed E-state index contributed by atoms with van der Waals surface area (Å²) in [6.45, 7) is 19.6. The Hall–Kier alpha value is -2.78. The molecule has 0 fully saturated rings. The van der Waals surface area contributed by atoms with Crippen LogP contribution in [0.2, 0.25) is 0 Å². The molecule has 2 atom stereocenters. The zero-order valence-electron chi connectivity index (χ0n) is 28.4. The summed E-state index contributed by atoms with van der Waals surface area (Å²) >= 11 is 0. The van der Waals surface area contributed by atoms with Crippen molar-refractivity contribution >= 4 is 34.8 Å². The molecule has 234 valence electrons. The summed E-state index contributed by atoms with van der Waals surface area (Å²) in [5.74, 6) is 0.941. The molecule has 0 unspecified atom stereocenters. The van der Waals surface area contributed by atoms with Gasteiger partial charge in [-0.25, -0.2) is 8.51 Å². The van der Waals surface area contributed by atoms with Crippen LogP contribution < -0.4 is 20.7 Å². The highest BCUT2D eigenvalue weighted by Crippen LogP contribution is 2.45. The molecular formula is C39H50NO2PS. The lowest BCUT2D eigenvalue weighted by molar-refractivity contribution is 0.379. The number of nitrogens with zero attached hydrogens (tertiary/aromatic N) is 1. The zero-order valence-corrected chi connectivity index (χ0v) is 30.1. The minimum Gasteiger partial charge on any atom is -0.496 e. The first kappa shape index (κ1) is 34.1. The molecule has 0 heterocycles. The van der Waals surface area contributed by atoms with Crippen LogP contribution in [0.4, 0.5) is 0 Å². The van der Waals surface area contributed by atoms with Crippen LogP contribution in [0.15, 0.2) is 97.1 Å². The highest BCUT2D eigenvalue weighted by atomic mass is 32.2. The molecule has 4 aromatic carbocycles. The van der Waals surface area contributed by atoms with Crippen LogP contribution in [0, 0.1) is 0 Å². The van der Waals surface area contributed by atoms with E-state index in [0.29, 0.717) is 0 Å². The summed E-state index contributed by atoms with van der Waals surface area (Å²) in [7, 11) is 1.64. The van der Waals surface area contributed by atoms with E-state index in [9.17, 15) is 4.21 Å². The van der Waals surface area contributed by atoms with Crippen LogP contribution in [0.1, 0.15) is 90.6 Å². The summed E-state index contributed by atoms with van der Waals surface area (Å²) in [5.41, 5.74) is 4.31. The fraction of sp³-hybridized carbons (Fsp3) is 0.385. The standard InChI is InChI=1S/C39H50NO2PS/c1-37(2,3)32-26-28(27-33(36(32)42-11)38(4,5)6)35(40(10)44(41)39(7,8)9)31-24-18-19-25-34(31)43(29-20-14-12-15-21-29)30-22-16-13-17-23-30/h12-27,35H,1-11H3/t35-,44+/m0/s1. The number of methoxy groups -OCH3 is 1. The van der Waals surface area contributed by atoms with Crippen LogP contribution in [0.3, 0.4) is 0 Å². The topological polar surface area (TPSA) is 29.5 Å². The average molecular weight is 628 g/mol. The maximum atomic E-state index is 14.3. The van der Waals surface area contributed by atoms with Crippen molar-refractivity contribution in [2.24, 2.45) is 0 Å². The second-order valence-electron chi connectivity index (χ2n) is 14.5. The monoisotopic (exact) mass is 627 g/mol. The zero-order chi connectivity index (χ0) is 32.4. The van der Waals surface area contributed by atoms with Gasteiger partial charge in [-0.3, -0.25) is 0 Å². The molecule has 0 radical (unpaired) electrons. The molecule has 0 saturated carbocycles. The second-order valence-corrected chi connectivity index (χ2v) is 19.0. The summed E-state index contributed by atoms with van der Waals surface area (Å²) in [5, 5.41) is 3.85. The molecule has 4 rings (SSSR count). The van der Waals surface area contributed by atoms with Gasteiger partial charge in [0.15, 0.2) is 0 Å². The van der Waals surface area contributed by atoms with Gasteiger partial charge >= 0.3 is 0 Å². The Balaban J connectivity index is 2.11. The number of rotatable bonds is 8. The lowest BCUT2D eigenvalue weighted by Crippen LogP contribution is -2.40. The van der Waals surface area contributed by atoms with Crippen molar-refractivity contribution in [3.8, 4) is 5.75 Å². The normalized spacial score (nSPS) is 14.1. The van der Waals surface area contributed by atoms with Crippen LogP contribution in [-0.4, -0.2) is 27.4 Å². The minimum atomic E-state index is -1.28. The number of ether oxygens (including phenoxy) is 1. The van der Waals surface area contributed by atoms with Gasteiger partial charge in [0.25, 0.3) is 0 Å². The van der Waals surface area contributed by atoms with E-state index in [2.05, 4.69) is 164 Å². The Kier molecular flexibility index (Phi) is 10.3. The van der Waals surface area contributed by atoms with E-state index in [-0.39, 0.29) is 16.9 Å². The van der Waals surface area contributed by atoms with Gasteiger partial charge in [0.05, 0.1) is 17.9 Å². The summed E-state index contributed by atoms with van der Waals surface area (Å²) in [4.78, 5) is 0. The molecule has 0 saturated heterocycles. The fourth-order valence-electron chi connectivity index (χ4n) is 5.76. The van der Waals surface area contributed by atoms with Crippen molar-refractivity contribution in [1.29, 1.82) is 0 Å². The third-order valence-electron chi connectivity index (χ3n) is 7.90. The fourth-order valence-corrected chi connectivity index (χ4v) is 9.54. The lowest BCUT2D eigenvalue weighted by Gasteiger charge is -2.37. The summed E-state index contributed by atoms with van der Waals surface area (Å²) < 4.78 is 22.1. The van der Waals surface area contributed by atoms with Crippen LogP contribution in [0.25, 0.3) is 0 Å². The second kappa shape index (κ2) is 13.3. The van der Waals surface area contributed by atoms with Crippen molar-refractivity contribution in [2.45, 2.75) is 83.9 Å². The molecule has 0 N–H and O–H groups in total. The molecule has 0 aliphatic heterocycles.